The fraction of sp³-hybridized carbons (Fsp3) is 0.0714. The van der Waals surface area contributed by atoms with Crippen LogP contribution in [0.2, 0.25) is 0 Å². The normalized spacial score (nSPS) is 11.2. The maximum Gasteiger partial charge on any atom is 0.255 e. The molecule has 1 amide bonds. The summed E-state index contributed by atoms with van der Waals surface area (Å²) in [5.74, 6) is -0.924. The lowest BCUT2D eigenvalue weighted by molar-refractivity contribution is 0.102. The van der Waals surface area contributed by atoms with Crippen LogP contribution in [0.4, 0.5) is 10.1 Å². The van der Waals surface area contributed by atoms with Gasteiger partial charge in [0.25, 0.3) is 5.91 Å². The Labute approximate surface area is 130 Å². The fourth-order valence-corrected chi connectivity index (χ4v) is 2.69. The Morgan fingerprint density at radius 3 is 2.52 bits per heavy atom. The number of rotatable bonds is 3. The van der Waals surface area contributed by atoms with E-state index in [0.29, 0.717) is 5.69 Å². The van der Waals surface area contributed by atoms with Crippen LogP contribution in [0.1, 0.15) is 10.4 Å². The van der Waals surface area contributed by atoms with Gasteiger partial charge in [-0.05, 0) is 52.3 Å². The number of nitrogens with one attached hydrogen (secondary N) is 1. The second-order valence-corrected chi connectivity index (χ2v) is 7.25. The molecule has 21 heavy (non-hydrogen) atoms. The van der Waals surface area contributed by atoms with Crippen LogP contribution < -0.4 is 5.32 Å². The van der Waals surface area contributed by atoms with Crippen LogP contribution in [0.25, 0.3) is 0 Å². The van der Waals surface area contributed by atoms with Gasteiger partial charge in [0.05, 0.1) is 9.37 Å². The molecule has 0 aliphatic rings. The van der Waals surface area contributed by atoms with Crippen molar-refractivity contribution in [2.75, 3.05) is 11.6 Å². The van der Waals surface area contributed by atoms with Gasteiger partial charge >= 0.3 is 0 Å². The third-order valence-electron chi connectivity index (χ3n) is 2.70. The summed E-state index contributed by atoms with van der Waals surface area (Å²) in [6.45, 7) is 0. The standard InChI is InChI=1S/C14H11BrFNO3S/c1-21(19,20)11-4-2-3-10(8-11)17-14(18)9-5-6-13(16)12(15)7-9/h2-8H,1H3,(H,17,18). The average Bonchev–Trinajstić information content (AvgIpc) is 2.41. The minimum atomic E-state index is -3.35. The zero-order valence-electron chi connectivity index (χ0n) is 10.9. The summed E-state index contributed by atoms with van der Waals surface area (Å²) in [5, 5.41) is 2.57. The van der Waals surface area contributed by atoms with E-state index >= 15 is 0 Å². The number of sulfone groups is 1. The number of hydrogen-bond acceptors (Lipinski definition) is 3. The van der Waals surface area contributed by atoms with E-state index in [9.17, 15) is 17.6 Å². The van der Waals surface area contributed by atoms with E-state index < -0.39 is 21.6 Å². The van der Waals surface area contributed by atoms with Crippen LogP contribution >= 0.6 is 15.9 Å². The first-order chi connectivity index (χ1) is 9.77. The number of hydrogen-bond donors (Lipinski definition) is 1. The summed E-state index contributed by atoms with van der Waals surface area (Å²) in [4.78, 5) is 12.1. The molecule has 0 aliphatic heterocycles. The van der Waals surface area contributed by atoms with E-state index in [-0.39, 0.29) is 14.9 Å². The molecule has 0 aromatic heterocycles. The molecule has 2 rings (SSSR count). The smallest absolute Gasteiger partial charge is 0.255 e. The molecule has 110 valence electrons. The minimum Gasteiger partial charge on any atom is -0.322 e. The van der Waals surface area contributed by atoms with Crippen molar-refractivity contribution in [2.45, 2.75) is 4.90 Å². The molecule has 0 bridgehead atoms. The third kappa shape index (κ3) is 3.89. The van der Waals surface area contributed by atoms with Gasteiger partial charge in [0.2, 0.25) is 0 Å². The van der Waals surface area contributed by atoms with Crippen molar-refractivity contribution < 1.29 is 17.6 Å². The van der Waals surface area contributed by atoms with Gasteiger partial charge < -0.3 is 5.32 Å². The molecule has 0 saturated heterocycles. The summed E-state index contributed by atoms with van der Waals surface area (Å²) in [5.41, 5.74) is 0.608. The molecular formula is C14H11BrFNO3S. The van der Waals surface area contributed by atoms with E-state index in [0.717, 1.165) is 6.26 Å². The molecule has 2 aromatic carbocycles. The van der Waals surface area contributed by atoms with Crippen molar-refractivity contribution in [1.82, 2.24) is 0 Å². The Bertz CT molecular complexity index is 806. The molecule has 0 atom stereocenters. The quantitative estimate of drug-likeness (QED) is 0.900. The zero-order valence-corrected chi connectivity index (χ0v) is 13.3. The van der Waals surface area contributed by atoms with Crippen LogP contribution in [-0.4, -0.2) is 20.6 Å². The molecule has 2 aromatic rings. The summed E-state index contributed by atoms with van der Waals surface area (Å²) in [6.07, 6.45) is 1.09. The molecule has 0 unspecified atom stereocenters. The van der Waals surface area contributed by atoms with Crippen molar-refractivity contribution in [3.8, 4) is 0 Å². The maximum absolute atomic E-state index is 13.1. The van der Waals surface area contributed by atoms with E-state index in [1.54, 1.807) is 6.07 Å². The second-order valence-electron chi connectivity index (χ2n) is 4.38. The van der Waals surface area contributed by atoms with E-state index in [1.165, 1.54) is 36.4 Å². The largest absolute Gasteiger partial charge is 0.322 e. The molecule has 0 fully saturated rings. The van der Waals surface area contributed by atoms with Gasteiger partial charge in [0.1, 0.15) is 5.82 Å². The van der Waals surface area contributed by atoms with Crippen LogP contribution in [0, 0.1) is 5.82 Å². The highest BCUT2D eigenvalue weighted by Crippen LogP contribution is 2.19. The topological polar surface area (TPSA) is 63.2 Å². The molecular weight excluding hydrogens is 361 g/mol. The van der Waals surface area contributed by atoms with Crippen LogP contribution in [0.5, 0.6) is 0 Å². The van der Waals surface area contributed by atoms with Gasteiger partial charge in [-0.2, -0.15) is 0 Å². The number of anilines is 1. The van der Waals surface area contributed by atoms with Gasteiger partial charge in [-0.25, -0.2) is 12.8 Å². The monoisotopic (exact) mass is 371 g/mol. The average molecular weight is 372 g/mol. The molecule has 0 saturated carbocycles. The van der Waals surface area contributed by atoms with Crippen molar-refractivity contribution >= 4 is 37.4 Å². The molecule has 4 nitrogen and oxygen atoms in total. The summed E-state index contributed by atoms with van der Waals surface area (Å²) in [7, 11) is -3.35. The Kier molecular flexibility index (Phi) is 4.43. The van der Waals surface area contributed by atoms with Gasteiger partial charge in [-0.3, -0.25) is 4.79 Å². The molecule has 0 spiro atoms. The SMILES string of the molecule is CS(=O)(=O)c1cccc(NC(=O)c2ccc(F)c(Br)c2)c1. The number of amides is 1. The first-order valence-corrected chi connectivity index (χ1v) is 8.52. The minimum absolute atomic E-state index is 0.112. The number of halogens is 2. The summed E-state index contributed by atoms with van der Waals surface area (Å²) in [6, 6.07) is 9.79. The molecule has 7 heteroatoms. The van der Waals surface area contributed by atoms with E-state index in [1.807, 2.05) is 0 Å². The molecule has 1 N–H and O–H groups in total. The molecule has 0 radical (unpaired) electrons. The second kappa shape index (κ2) is 5.95. The van der Waals surface area contributed by atoms with Gasteiger partial charge in [-0.15, -0.1) is 0 Å². The highest BCUT2D eigenvalue weighted by molar-refractivity contribution is 9.10. The van der Waals surface area contributed by atoms with Crippen molar-refractivity contribution in [1.29, 1.82) is 0 Å². The molecule has 0 aliphatic carbocycles. The van der Waals surface area contributed by atoms with E-state index in [4.69, 9.17) is 0 Å². The van der Waals surface area contributed by atoms with Crippen molar-refractivity contribution in [3.63, 3.8) is 0 Å². The first kappa shape index (κ1) is 15.7. The predicted octanol–water partition coefficient (Wildman–Crippen LogP) is 3.24. The van der Waals surface area contributed by atoms with Crippen LogP contribution in [0.3, 0.4) is 0 Å². The highest BCUT2D eigenvalue weighted by atomic mass is 79.9. The predicted molar refractivity (Wildman–Crippen MR) is 81.6 cm³/mol. The van der Waals surface area contributed by atoms with Gasteiger partial charge in [-0.1, -0.05) is 6.07 Å². The Morgan fingerprint density at radius 1 is 1.19 bits per heavy atom. The van der Waals surface area contributed by atoms with Crippen LogP contribution in [0.15, 0.2) is 51.8 Å². The number of benzene rings is 2. The van der Waals surface area contributed by atoms with Crippen LogP contribution in [-0.2, 0) is 9.84 Å². The molecule has 0 heterocycles. The maximum atomic E-state index is 13.1. The summed E-state index contributed by atoms with van der Waals surface area (Å²) >= 11 is 3.00. The van der Waals surface area contributed by atoms with Gasteiger partial charge in [0.15, 0.2) is 9.84 Å². The lowest BCUT2D eigenvalue weighted by Gasteiger charge is -2.07. The Morgan fingerprint density at radius 2 is 1.90 bits per heavy atom. The van der Waals surface area contributed by atoms with Crippen molar-refractivity contribution in [2.24, 2.45) is 0 Å². The Hall–Kier alpha value is -1.73. The van der Waals surface area contributed by atoms with Gasteiger partial charge in [0, 0.05) is 17.5 Å². The lowest BCUT2D eigenvalue weighted by Crippen LogP contribution is -2.12. The zero-order chi connectivity index (χ0) is 15.6. The highest BCUT2D eigenvalue weighted by Gasteiger charge is 2.11. The fourth-order valence-electron chi connectivity index (χ4n) is 1.65. The third-order valence-corrected chi connectivity index (χ3v) is 4.42. The lowest BCUT2D eigenvalue weighted by atomic mass is 10.2. The Balaban J connectivity index is 2.25. The first-order valence-electron chi connectivity index (χ1n) is 5.84. The van der Waals surface area contributed by atoms with E-state index in [2.05, 4.69) is 21.2 Å². The van der Waals surface area contributed by atoms with Crippen molar-refractivity contribution in [3.05, 3.63) is 58.3 Å². The summed E-state index contributed by atoms with van der Waals surface area (Å²) < 4.78 is 36.2. The number of carbonyl (C=O) groups is 1. The number of carbonyl (C=O) groups excluding carboxylic acids is 1.